The molecule has 0 bridgehead atoms. The van der Waals surface area contributed by atoms with Crippen molar-refractivity contribution in [1.29, 1.82) is 0 Å². The van der Waals surface area contributed by atoms with E-state index < -0.39 is 0 Å². The first-order valence-electron chi connectivity index (χ1n) is 8.43. The van der Waals surface area contributed by atoms with E-state index in [1.807, 2.05) is 25.4 Å². The lowest BCUT2D eigenvalue weighted by molar-refractivity contribution is 0.0696. The molecule has 2 aromatic heterocycles. The summed E-state index contributed by atoms with van der Waals surface area (Å²) in [5, 5.41) is 7.38. The highest BCUT2D eigenvalue weighted by molar-refractivity contribution is 7.13. The summed E-state index contributed by atoms with van der Waals surface area (Å²) in [5.41, 5.74) is 1.18. The zero-order valence-corrected chi connectivity index (χ0v) is 15.7. The van der Waals surface area contributed by atoms with Gasteiger partial charge in [0.15, 0.2) is 0 Å². The minimum atomic E-state index is 0.133. The van der Waals surface area contributed by atoms with Crippen LogP contribution in [0.25, 0.3) is 0 Å². The first-order valence-corrected chi connectivity index (χ1v) is 10.1. The Kier molecular flexibility index (Phi) is 4.18. The second-order valence-corrected chi connectivity index (χ2v) is 9.02. The van der Waals surface area contributed by atoms with Gasteiger partial charge in [-0.25, -0.2) is 9.97 Å². The zero-order chi connectivity index (χ0) is 16.7. The third-order valence-electron chi connectivity index (χ3n) is 5.27. The summed E-state index contributed by atoms with van der Waals surface area (Å²) in [6.07, 6.45) is 5.28. The Labute approximate surface area is 150 Å². The van der Waals surface area contributed by atoms with Crippen LogP contribution in [0, 0.1) is 19.3 Å². The molecule has 7 heteroatoms. The fourth-order valence-corrected chi connectivity index (χ4v) is 5.38. The van der Waals surface area contributed by atoms with Gasteiger partial charge in [-0.15, -0.1) is 22.7 Å². The van der Waals surface area contributed by atoms with Crippen LogP contribution < -0.4 is 5.32 Å². The van der Waals surface area contributed by atoms with E-state index in [0.717, 1.165) is 40.1 Å². The molecule has 1 N–H and O–H groups in total. The van der Waals surface area contributed by atoms with Crippen molar-refractivity contribution in [2.45, 2.75) is 45.7 Å². The first-order chi connectivity index (χ1) is 11.6. The number of thiazole rings is 2. The second-order valence-electron chi connectivity index (χ2n) is 6.84. The van der Waals surface area contributed by atoms with Crippen LogP contribution in [-0.2, 0) is 6.54 Å². The Morgan fingerprint density at radius 2 is 2.21 bits per heavy atom. The fraction of sp³-hybridized carbons (Fsp3) is 0.588. The van der Waals surface area contributed by atoms with Crippen LogP contribution in [-0.4, -0.2) is 39.9 Å². The largest absolute Gasteiger partial charge is 0.328 e. The van der Waals surface area contributed by atoms with E-state index in [1.165, 1.54) is 24.2 Å². The molecule has 24 heavy (non-hydrogen) atoms. The Hall–Kier alpha value is -1.31. The lowest BCUT2D eigenvalue weighted by Gasteiger charge is -2.29. The average Bonchev–Trinajstić information content (AvgIpc) is 2.92. The Bertz CT molecular complexity index is 734. The molecule has 2 fully saturated rings. The molecule has 1 atom stereocenters. The molecule has 1 spiro atoms. The van der Waals surface area contributed by atoms with Crippen molar-refractivity contribution in [3.8, 4) is 0 Å². The molecule has 2 aromatic rings. The summed E-state index contributed by atoms with van der Waals surface area (Å²) < 4.78 is 0. The van der Waals surface area contributed by atoms with Gasteiger partial charge in [-0.05, 0) is 51.6 Å². The van der Waals surface area contributed by atoms with Gasteiger partial charge in [-0.1, -0.05) is 0 Å². The van der Waals surface area contributed by atoms with Crippen LogP contribution in [0.5, 0.6) is 0 Å². The predicted octanol–water partition coefficient (Wildman–Crippen LogP) is 3.00. The average molecular weight is 363 g/mol. The number of hydrogen-bond acceptors (Lipinski definition) is 6. The number of aromatic nitrogens is 2. The van der Waals surface area contributed by atoms with Crippen LogP contribution in [0.15, 0.2) is 11.6 Å². The molecule has 1 saturated carbocycles. The standard InChI is InChI=1S/C17H22N4OS2/c1-11-15(24-12(2)20-11)16(22)21(10-14-19-7-8-23-14)13-9-17(13)3-5-18-6-4-17/h7-8,13,18H,3-6,9-10H2,1-2H3. The van der Waals surface area contributed by atoms with Gasteiger partial charge in [0.2, 0.25) is 0 Å². The quantitative estimate of drug-likeness (QED) is 0.908. The number of nitrogens with one attached hydrogen (secondary N) is 1. The summed E-state index contributed by atoms with van der Waals surface area (Å²) in [4.78, 5) is 25.0. The molecule has 2 aliphatic rings. The minimum Gasteiger partial charge on any atom is -0.328 e. The molecule has 1 aliphatic carbocycles. The number of amides is 1. The molecule has 1 aliphatic heterocycles. The number of piperidine rings is 1. The van der Waals surface area contributed by atoms with Gasteiger partial charge in [0.1, 0.15) is 9.88 Å². The number of aryl methyl sites for hydroxylation is 2. The van der Waals surface area contributed by atoms with Gasteiger partial charge in [0, 0.05) is 17.6 Å². The van der Waals surface area contributed by atoms with Gasteiger partial charge in [-0.3, -0.25) is 4.79 Å². The third kappa shape index (κ3) is 2.89. The van der Waals surface area contributed by atoms with Crippen LogP contribution >= 0.6 is 22.7 Å². The molecule has 128 valence electrons. The topological polar surface area (TPSA) is 58.1 Å². The summed E-state index contributed by atoms with van der Waals surface area (Å²) in [6.45, 7) is 6.65. The lowest BCUT2D eigenvalue weighted by Crippen LogP contribution is -2.39. The first kappa shape index (κ1) is 16.2. The van der Waals surface area contributed by atoms with E-state index in [9.17, 15) is 4.79 Å². The monoisotopic (exact) mass is 362 g/mol. The Balaban J connectivity index is 1.61. The molecule has 0 aromatic carbocycles. The highest BCUT2D eigenvalue weighted by Gasteiger charge is 2.58. The molecule has 0 radical (unpaired) electrons. The van der Waals surface area contributed by atoms with Gasteiger partial charge in [-0.2, -0.15) is 0 Å². The SMILES string of the molecule is Cc1nc(C)c(C(=O)N(Cc2nccs2)C2CC23CCNCC3)s1. The van der Waals surface area contributed by atoms with Crippen LogP contribution in [0.1, 0.15) is 44.6 Å². The van der Waals surface area contributed by atoms with E-state index in [0.29, 0.717) is 18.0 Å². The lowest BCUT2D eigenvalue weighted by atomic mass is 9.93. The maximum absolute atomic E-state index is 13.3. The van der Waals surface area contributed by atoms with Crippen molar-refractivity contribution in [1.82, 2.24) is 20.2 Å². The molecule has 1 unspecified atom stereocenters. The summed E-state index contributed by atoms with van der Waals surface area (Å²) in [5.74, 6) is 0.133. The predicted molar refractivity (Wildman–Crippen MR) is 96.5 cm³/mol. The maximum atomic E-state index is 13.3. The van der Waals surface area contributed by atoms with Crippen molar-refractivity contribution >= 4 is 28.6 Å². The van der Waals surface area contributed by atoms with Crippen LogP contribution in [0.3, 0.4) is 0 Å². The van der Waals surface area contributed by atoms with Gasteiger partial charge < -0.3 is 10.2 Å². The number of nitrogens with zero attached hydrogens (tertiary/aromatic N) is 3. The third-order valence-corrected chi connectivity index (χ3v) is 7.10. The van der Waals surface area contributed by atoms with Crippen molar-refractivity contribution in [2.75, 3.05) is 13.1 Å². The summed E-state index contributed by atoms with van der Waals surface area (Å²) in [7, 11) is 0. The second kappa shape index (κ2) is 6.20. The van der Waals surface area contributed by atoms with E-state index >= 15 is 0 Å². The van der Waals surface area contributed by atoms with Crippen LogP contribution in [0.4, 0.5) is 0 Å². The molecular weight excluding hydrogens is 340 g/mol. The molecule has 1 saturated heterocycles. The van der Waals surface area contributed by atoms with Crippen molar-refractivity contribution in [3.05, 3.63) is 32.2 Å². The van der Waals surface area contributed by atoms with Crippen molar-refractivity contribution in [2.24, 2.45) is 5.41 Å². The van der Waals surface area contributed by atoms with E-state index in [2.05, 4.69) is 20.2 Å². The zero-order valence-electron chi connectivity index (χ0n) is 14.0. The van der Waals surface area contributed by atoms with Gasteiger partial charge in [0.05, 0.1) is 17.2 Å². The highest BCUT2D eigenvalue weighted by Crippen LogP contribution is 2.56. The van der Waals surface area contributed by atoms with Gasteiger partial charge >= 0.3 is 0 Å². The fourth-order valence-electron chi connectivity index (χ4n) is 3.89. The number of carbonyl (C=O) groups excluding carboxylic acids is 1. The molecule has 4 rings (SSSR count). The van der Waals surface area contributed by atoms with Crippen LogP contribution in [0.2, 0.25) is 0 Å². The number of rotatable bonds is 4. The minimum absolute atomic E-state index is 0.133. The Morgan fingerprint density at radius 3 is 2.83 bits per heavy atom. The normalized spacial score (nSPS) is 21.8. The Morgan fingerprint density at radius 1 is 1.42 bits per heavy atom. The van der Waals surface area contributed by atoms with E-state index in [4.69, 9.17) is 0 Å². The summed E-state index contributed by atoms with van der Waals surface area (Å²) in [6, 6.07) is 0.345. The molecule has 1 amide bonds. The summed E-state index contributed by atoms with van der Waals surface area (Å²) >= 11 is 3.14. The number of hydrogen-bond donors (Lipinski definition) is 1. The van der Waals surface area contributed by atoms with E-state index in [-0.39, 0.29) is 5.91 Å². The molecular formula is C17H22N4OS2. The maximum Gasteiger partial charge on any atom is 0.266 e. The van der Waals surface area contributed by atoms with E-state index in [1.54, 1.807) is 11.3 Å². The molecule has 5 nitrogen and oxygen atoms in total. The van der Waals surface area contributed by atoms with Gasteiger partial charge in [0.25, 0.3) is 5.91 Å². The molecule has 3 heterocycles. The van der Waals surface area contributed by atoms with Crippen molar-refractivity contribution in [3.63, 3.8) is 0 Å². The smallest absolute Gasteiger partial charge is 0.266 e. The number of carbonyl (C=O) groups is 1. The van der Waals surface area contributed by atoms with Crippen molar-refractivity contribution < 1.29 is 4.79 Å². The highest BCUT2D eigenvalue weighted by atomic mass is 32.1.